The molecule has 3 nitrogen and oxygen atoms in total. The number of carbonyl (C=O) groups is 1. The highest BCUT2D eigenvalue weighted by molar-refractivity contribution is 6.31. The first-order chi connectivity index (χ1) is 7.77. The molecule has 0 spiro atoms. The van der Waals surface area contributed by atoms with Crippen molar-refractivity contribution < 1.29 is 19.0 Å². The van der Waals surface area contributed by atoms with E-state index in [0.29, 0.717) is 5.75 Å². The summed E-state index contributed by atoms with van der Waals surface area (Å²) in [7, 11) is 1.44. The standard InChI is InChI=1S/C12H14ClFO3/c1-12(2,6-10(15)16)8-4-7(17-3)5-9(13)11(8)14/h4-5H,6H2,1-3H3,(H,15,16). The van der Waals surface area contributed by atoms with Gasteiger partial charge in [0.05, 0.1) is 18.6 Å². The van der Waals surface area contributed by atoms with E-state index in [0.717, 1.165) is 0 Å². The number of ether oxygens (including phenoxy) is 1. The largest absolute Gasteiger partial charge is 0.497 e. The Morgan fingerprint density at radius 1 is 1.53 bits per heavy atom. The van der Waals surface area contributed by atoms with E-state index in [9.17, 15) is 9.18 Å². The molecule has 0 fully saturated rings. The smallest absolute Gasteiger partial charge is 0.304 e. The molecule has 1 aromatic carbocycles. The fourth-order valence-electron chi connectivity index (χ4n) is 1.65. The SMILES string of the molecule is COc1cc(Cl)c(F)c(C(C)(C)CC(=O)O)c1. The maximum atomic E-state index is 13.9. The zero-order valence-electron chi connectivity index (χ0n) is 9.88. The van der Waals surface area contributed by atoms with Crippen LogP contribution in [-0.4, -0.2) is 18.2 Å². The van der Waals surface area contributed by atoms with Gasteiger partial charge in [-0.3, -0.25) is 4.79 Å². The van der Waals surface area contributed by atoms with Crippen LogP contribution in [0.3, 0.4) is 0 Å². The fraction of sp³-hybridized carbons (Fsp3) is 0.417. The van der Waals surface area contributed by atoms with Crippen LogP contribution in [0.1, 0.15) is 25.8 Å². The summed E-state index contributed by atoms with van der Waals surface area (Å²) in [5.74, 6) is -1.18. The van der Waals surface area contributed by atoms with Gasteiger partial charge < -0.3 is 9.84 Å². The van der Waals surface area contributed by atoms with E-state index in [1.807, 2.05) is 0 Å². The van der Waals surface area contributed by atoms with Crippen LogP contribution in [0, 0.1) is 5.82 Å². The second-order valence-electron chi connectivity index (χ2n) is 4.43. The molecule has 0 aliphatic rings. The molecule has 0 radical (unpaired) electrons. The molecule has 0 atom stereocenters. The maximum Gasteiger partial charge on any atom is 0.304 e. The van der Waals surface area contributed by atoms with Crippen molar-refractivity contribution in [2.24, 2.45) is 0 Å². The molecule has 0 saturated heterocycles. The molecule has 5 heteroatoms. The van der Waals surface area contributed by atoms with Gasteiger partial charge in [-0.25, -0.2) is 4.39 Å². The zero-order chi connectivity index (χ0) is 13.2. The molecule has 0 amide bonds. The third kappa shape index (κ3) is 3.09. The average Bonchev–Trinajstić information content (AvgIpc) is 2.19. The number of benzene rings is 1. The minimum Gasteiger partial charge on any atom is -0.497 e. The fourth-order valence-corrected chi connectivity index (χ4v) is 1.86. The van der Waals surface area contributed by atoms with Crippen LogP contribution in [0.4, 0.5) is 4.39 Å². The summed E-state index contributed by atoms with van der Waals surface area (Å²) in [5.41, 5.74) is -0.613. The highest BCUT2D eigenvalue weighted by Crippen LogP contribution is 2.35. The van der Waals surface area contributed by atoms with Gasteiger partial charge in [0.2, 0.25) is 0 Å². The van der Waals surface area contributed by atoms with Crippen LogP contribution in [0.15, 0.2) is 12.1 Å². The Morgan fingerprint density at radius 3 is 2.59 bits per heavy atom. The van der Waals surface area contributed by atoms with Crippen LogP contribution >= 0.6 is 11.6 Å². The summed E-state index contributed by atoms with van der Waals surface area (Å²) in [6.07, 6.45) is -0.187. The molecular weight excluding hydrogens is 247 g/mol. The zero-order valence-corrected chi connectivity index (χ0v) is 10.6. The van der Waals surface area contributed by atoms with E-state index in [1.54, 1.807) is 13.8 Å². The Morgan fingerprint density at radius 2 is 2.12 bits per heavy atom. The first kappa shape index (κ1) is 13.8. The Bertz CT molecular complexity index is 444. The van der Waals surface area contributed by atoms with Gasteiger partial charge in [0.15, 0.2) is 0 Å². The monoisotopic (exact) mass is 260 g/mol. The molecule has 0 aliphatic carbocycles. The number of methoxy groups -OCH3 is 1. The lowest BCUT2D eigenvalue weighted by Crippen LogP contribution is -2.23. The summed E-state index contributed by atoms with van der Waals surface area (Å²) >= 11 is 5.74. The lowest BCUT2D eigenvalue weighted by atomic mass is 9.81. The van der Waals surface area contributed by atoms with Crippen molar-refractivity contribution in [2.45, 2.75) is 25.7 Å². The lowest BCUT2D eigenvalue weighted by molar-refractivity contribution is -0.138. The summed E-state index contributed by atoms with van der Waals surface area (Å²) in [5, 5.41) is 8.74. The van der Waals surface area contributed by atoms with Gasteiger partial charge >= 0.3 is 5.97 Å². The highest BCUT2D eigenvalue weighted by Gasteiger charge is 2.29. The third-order valence-corrected chi connectivity index (χ3v) is 2.83. The third-order valence-electron chi connectivity index (χ3n) is 2.56. The van der Waals surface area contributed by atoms with Gasteiger partial charge in [-0.1, -0.05) is 25.4 Å². The van der Waals surface area contributed by atoms with Crippen molar-refractivity contribution in [3.8, 4) is 5.75 Å². The van der Waals surface area contributed by atoms with E-state index in [4.69, 9.17) is 21.4 Å². The minimum absolute atomic E-state index is 0.0715. The predicted octanol–water partition coefficient (Wildman–Crippen LogP) is 3.24. The molecule has 0 unspecified atom stereocenters. The van der Waals surface area contributed by atoms with E-state index in [-0.39, 0.29) is 17.0 Å². The second kappa shape index (κ2) is 4.92. The van der Waals surface area contributed by atoms with Crippen LogP contribution in [-0.2, 0) is 10.2 Å². The van der Waals surface area contributed by atoms with Crippen molar-refractivity contribution in [3.63, 3.8) is 0 Å². The number of halogens is 2. The number of rotatable bonds is 4. The number of carboxylic acid groups (broad SMARTS) is 1. The van der Waals surface area contributed by atoms with Crippen LogP contribution in [0.5, 0.6) is 5.75 Å². The average molecular weight is 261 g/mol. The molecular formula is C12H14ClFO3. The van der Waals surface area contributed by atoms with Crippen molar-refractivity contribution in [1.82, 2.24) is 0 Å². The van der Waals surface area contributed by atoms with E-state index in [2.05, 4.69) is 0 Å². The molecule has 0 bridgehead atoms. The number of hydrogen-bond donors (Lipinski definition) is 1. The van der Waals surface area contributed by atoms with Crippen LogP contribution in [0.25, 0.3) is 0 Å². The maximum absolute atomic E-state index is 13.9. The molecule has 1 aromatic rings. The van der Waals surface area contributed by atoms with Crippen molar-refractivity contribution in [2.75, 3.05) is 7.11 Å². The Labute approximate surface area is 104 Å². The molecule has 0 heterocycles. The Balaban J connectivity index is 3.28. The van der Waals surface area contributed by atoms with Gasteiger partial charge in [0.25, 0.3) is 0 Å². The summed E-state index contributed by atoms with van der Waals surface area (Å²) < 4.78 is 18.9. The lowest BCUT2D eigenvalue weighted by Gasteiger charge is -2.24. The van der Waals surface area contributed by atoms with Gasteiger partial charge in [0, 0.05) is 11.5 Å². The quantitative estimate of drug-likeness (QED) is 0.904. The molecule has 0 aliphatic heterocycles. The summed E-state index contributed by atoms with van der Waals surface area (Å²) in [4.78, 5) is 10.8. The molecule has 0 aromatic heterocycles. The molecule has 17 heavy (non-hydrogen) atoms. The number of carboxylic acids is 1. The van der Waals surface area contributed by atoms with E-state index < -0.39 is 17.2 Å². The Kier molecular flexibility index (Phi) is 3.98. The summed E-state index contributed by atoms with van der Waals surface area (Å²) in [6.45, 7) is 3.30. The number of hydrogen-bond acceptors (Lipinski definition) is 2. The van der Waals surface area contributed by atoms with Crippen molar-refractivity contribution in [1.29, 1.82) is 0 Å². The number of aliphatic carboxylic acids is 1. The van der Waals surface area contributed by atoms with Gasteiger partial charge in [-0.2, -0.15) is 0 Å². The normalized spacial score (nSPS) is 11.4. The topological polar surface area (TPSA) is 46.5 Å². The van der Waals surface area contributed by atoms with Gasteiger partial charge in [0.1, 0.15) is 11.6 Å². The van der Waals surface area contributed by atoms with E-state index in [1.165, 1.54) is 19.2 Å². The molecule has 94 valence electrons. The van der Waals surface area contributed by atoms with Gasteiger partial charge in [-0.15, -0.1) is 0 Å². The molecule has 0 saturated carbocycles. The minimum atomic E-state index is -0.992. The predicted molar refractivity (Wildman–Crippen MR) is 63.2 cm³/mol. The van der Waals surface area contributed by atoms with Gasteiger partial charge in [-0.05, 0) is 11.6 Å². The first-order valence-electron chi connectivity index (χ1n) is 5.03. The highest BCUT2D eigenvalue weighted by atomic mass is 35.5. The van der Waals surface area contributed by atoms with Crippen LogP contribution in [0.2, 0.25) is 5.02 Å². The summed E-state index contributed by atoms with van der Waals surface area (Å²) in [6, 6.07) is 2.83. The second-order valence-corrected chi connectivity index (χ2v) is 4.83. The molecule has 1 rings (SSSR count). The Hall–Kier alpha value is -1.29. The first-order valence-corrected chi connectivity index (χ1v) is 5.41. The van der Waals surface area contributed by atoms with Crippen molar-refractivity contribution >= 4 is 17.6 Å². The van der Waals surface area contributed by atoms with Crippen molar-refractivity contribution in [3.05, 3.63) is 28.5 Å². The molecule has 1 N–H and O–H groups in total. The van der Waals surface area contributed by atoms with E-state index >= 15 is 0 Å². The van der Waals surface area contributed by atoms with Crippen LogP contribution < -0.4 is 4.74 Å².